The molecule has 0 amide bonds. The number of hydrogen-bond donors (Lipinski definition) is 2. The van der Waals surface area contributed by atoms with E-state index in [0.29, 0.717) is 5.41 Å². The van der Waals surface area contributed by atoms with E-state index in [9.17, 15) is 0 Å². The van der Waals surface area contributed by atoms with Gasteiger partial charge in [-0.2, -0.15) is 0 Å². The van der Waals surface area contributed by atoms with Gasteiger partial charge in [-0.15, -0.1) is 0 Å². The van der Waals surface area contributed by atoms with Crippen LogP contribution in [0.2, 0.25) is 0 Å². The lowest BCUT2D eigenvalue weighted by molar-refractivity contribution is 0.188. The largest absolute Gasteiger partial charge is 0.320 e. The molecule has 0 aromatic rings. The molecule has 0 spiro atoms. The van der Waals surface area contributed by atoms with Gasteiger partial charge in [0.05, 0.1) is 0 Å². The topological polar surface area (TPSA) is 24.1 Å². The first-order valence-corrected chi connectivity index (χ1v) is 9.64. The summed E-state index contributed by atoms with van der Waals surface area (Å²) in [4.78, 5) is 0. The predicted octanol–water partition coefficient (Wildman–Crippen LogP) is 5.73. The van der Waals surface area contributed by atoms with Crippen LogP contribution in [0.3, 0.4) is 0 Å². The third-order valence-corrected chi connectivity index (χ3v) is 3.88. The fraction of sp³-hybridized carbons (Fsp3) is 1.00. The van der Waals surface area contributed by atoms with Gasteiger partial charge in [0.15, 0.2) is 0 Å². The van der Waals surface area contributed by atoms with Crippen LogP contribution in [-0.4, -0.2) is 26.7 Å². The Morgan fingerprint density at radius 2 is 1.45 bits per heavy atom. The molecule has 0 saturated carbocycles. The molecule has 0 aromatic carbocycles. The van der Waals surface area contributed by atoms with Gasteiger partial charge in [0, 0.05) is 0 Å². The maximum absolute atomic E-state index is 3.39. The van der Waals surface area contributed by atoms with Crippen molar-refractivity contribution in [3.63, 3.8) is 0 Å². The van der Waals surface area contributed by atoms with Gasteiger partial charge in [-0.05, 0) is 63.2 Å². The summed E-state index contributed by atoms with van der Waals surface area (Å²) in [6.07, 6.45) is 5.27. The Kier molecular flexibility index (Phi) is 23.1. The highest BCUT2D eigenvalue weighted by Crippen LogP contribution is 2.32. The van der Waals surface area contributed by atoms with E-state index in [4.69, 9.17) is 0 Å². The van der Waals surface area contributed by atoms with Gasteiger partial charge >= 0.3 is 0 Å². The first kappa shape index (κ1) is 26.8. The van der Waals surface area contributed by atoms with Crippen molar-refractivity contribution < 1.29 is 0 Å². The van der Waals surface area contributed by atoms with Crippen LogP contribution in [0.15, 0.2) is 0 Å². The van der Waals surface area contributed by atoms with Gasteiger partial charge in [-0.1, -0.05) is 68.7 Å². The molecule has 0 aromatic heterocycles. The Bertz CT molecular complexity index is 175. The van der Waals surface area contributed by atoms with E-state index in [1.807, 2.05) is 20.9 Å². The number of hydrogen-bond acceptors (Lipinski definition) is 2. The number of nitrogens with one attached hydrogen (secondary N) is 2. The van der Waals surface area contributed by atoms with E-state index in [1.165, 1.54) is 38.8 Å². The summed E-state index contributed by atoms with van der Waals surface area (Å²) in [5.41, 5.74) is 0.530. The Morgan fingerprint density at radius 3 is 1.59 bits per heavy atom. The Labute approximate surface area is 143 Å². The first-order valence-electron chi connectivity index (χ1n) is 9.64. The van der Waals surface area contributed by atoms with Gasteiger partial charge < -0.3 is 10.6 Å². The van der Waals surface area contributed by atoms with Crippen molar-refractivity contribution in [3.8, 4) is 0 Å². The average molecular weight is 317 g/mol. The van der Waals surface area contributed by atoms with E-state index in [0.717, 1.165) is 18.4 Å². The predicted molar refractivity (Wildman–Crippen MR) is 106 cm³/mol. The lowest BCUT2D eigenvalue weighted by atomic mass is 9.76. The van der Waals surface area contributed by atoms with Crippen molar-refractivity contribution in [2.24, 2.45) is 17.3 Å². The van der Waals surface area contributed by atoms with Gasteiger partial charge in [-0.3, -0.25) is 0 Å². The summed E-state index contributed by atoms with van der Waals surface area (Å²) in [6, 6.07) is 0. The molecule has 1 fully saturated rings. The fourth-order valence-electron chi connectivity index (χ4n) is 1.94. The molecule has 0 aliphatic carbocycles. The minimum Gasteiger partial charge on any atom is -0.320 e. The highest BCUT2D eigenvalue weighted by Gasteiger charge is 2.25. The van der Waals surface area contributed by atoms with Crippen LogP contribution in [0.1, 0.15) is 88.0 Å². The summed E-state index contributed by atoms with van der Waals surface area (Å²) in [5, 5.41) is 6.40. The lowest BCUT2D eigenvalue weighted by Crippen LogP contribution is -2.34. The van der Waals surface area contributed by atoms with Crippen LogP contribution in [0.4, 0.5) is 0 Å². The Hall–Kier alpha value is -0.0800. The monoisotopic (exact) mass is 316 g/mol. The van der Waals surface area contributed by atoms with Crippen LogP contribution in [0.5, 0.6) is 0 Å². The summed E-state index contributed by atoms with van der Waals surface area (Å²) >= 11 is 0. The molecule has 2 nitrogen and oxygen atoms in total. The molecule has 2 heteroatoms. The lowest BCUT2D eigenvalue weighted by Gasteiger charge is -2.34. The molecule has 0 radical (unpaired) electrons. The molecule has 1 aliphatic rings. The van der Waals surface area contributed by atoms with Crippen molar-refractivity contribution in [1.82, 2.24) is 10.6 Å². The second-order valence-corrected chi connectivity index (χ2v) is 7.30. The molecule has 1 rings (SSSR count). The third kappa shape index (κ3) is 22.2. The zero-order chi connectivity index (χ0) is 18.0. The van der Waals surface area contributed by atoms with Crippen molar-refractivity contribution in [2.75, 3.05) is 26.7 Å². The minimum atomic E-state index is 0.530. The molecule has 2 N–H and O–H groups in total. The van der Waals surface area contributed by atoms with Crippen LogP contribution >= 0.6 is 0 Å². The molecular weight excluding hydrogens is 268 g/mol. The second-order valence-electron chi connectivity index (χ2n) is 7.30. The zero-order valence-corrected chi connectivity index (χ0v) is 17.6. The van der Waals surface area contributed by atoms with Crippen LogP contribution in [0.25, 0.3) is 0 Å². The molecule has 22 heavy (non-hydrogen) atoms. The number of rotatable bonds is 3. The van der Waals surface area contributed by atoms with Gasteiger partial charge in [0.2, 0.25) is 0 Å². The average Bonchev–Trinajstić information content (AvgIpc) is 2.51. The van der Waals surface area contributed by atoms with E-state index in [1.54, 1.807) is 0 Å². The van der Waals surface area contributed by atoms with Gasteiger partial charge in [0.25, 0.3) is 0 Å². The smallest absolute Gasteiger partial charge is 0.00461 e. The summed E-state index contributed by atoms with van der Waals surface area (Å²) in [7, 11) is 1.96. The molecule has 1 saturated heterocycles. The maximum Gasteiger partial charge on any atom is -0.00461 e. The van der Waals surface area contributed by atoms with Crippen molar-refractivity contribution >= 4 is 0 Å². The molecule has 138 valence electrons. The van der Waals surface area contributed by atoms with Gasteiger partial charge in [0.1, 0.15) is 0 Å². The third-order valence-electron chi connectivity index (χ3n) is 3.88. The first-order chi connectivity index (χ1) is 10.3. The van der Waals surface area contributed by atoms with E-state index in [-0.39, 0.29) is 0 Å². The van der Waals surface area contributed by atoms with E-state index < -0.39 is 0 Å². The highest BCUT2D eigenvalue weighted by atomic mass is 14.9. The summed E-state index contributed by atoms with van der Waals surface area (Å²) in [5.74, 6) is 1.82. The van der Waals surface area contributed by atoms with Crippen LogP contribution in [-0.2, 0) is 0 Å². The SMILES string of the molecule is CC.CC(C)(C)C1CCNCC1.CCC(C)C.CCCNC. The zero-order valence-electron chi connectivity index (χ0n) is 17.6. The highest BCUT2D eigenvalue weighted by molar-refractivity contribution is 4.78. The van der Waals surface area contributed by atoms with Crippen molar-refractivity contribution in [1.29, 1.82) is 0 Å². The Balaban J connectivity index is -0.000000257. The second kappa shape index (κ2) is 19.0. The van der Waals surface area contributed by atoms with Crippen LogP contribution < -0.4 is 10.6 Å². The summed E-state index contributed by atoms with van der Waals surface area (Å²) < 4.78 is 0. The standard InChI is InChI=1S/C9H19N.C5H12.C4H11N.C2H6/c1-9(2,3)8-4-6-10-7-5-8;1-4-5(2)3;1-3-4-5-2;1-2/h8,10H,4-7H2,1-3H3;5H,4H2,1-3H3;5H,3-4H2,1-2H3;1-2H3. The summed E-state index contributed by atoms with van der Waals surface area (Å²) in [6.45, 7) is 23.4. The molecule has 1 aliphatic heterocycles. The van der Waals surface area contributed by atoms with Crippen molar-refractivity contribution in [2.45, 2.75) is 88.0 Å². The number of piperidine rings is 1. The molecular formula is C20H48N2. The molecule has 0 unspecified atom stereocenters. The van der Waals surface area contributed by atoms with Gasteiger partial charge in [-0.25, -0.2) is 0 Å². The Morgan fingerprint density at radius 1 is 1.05 bits per heavy atom. The molecule has 0 atom stereocenters. The van der Waals surface area contributed by atoms with E-state index in [2.05, 4.69) is 59.1 Å². The fourth-order valence-corrected chi connectivity index (χ4v) is 1.94. The van der Waals surface area contributed by atoms with Crippen molar-refractivity contribution in [3.05, 3.63) is 0 Å². The molecule has 0 bridgehead atoms. The van der Waals surface area contributed by atoms with E-state index >= 15 is 0 Å². The maximum atomic E-state index is 3.39. The minimum absolute atomic E-state index is 0.530. The normalized spacial score (nSPS) is 14.9. The molecule has 1 heterocycles. The quantitative estimate of drug-likeness (QED) is 0.695. The van der Waals surface area contributed by atoms with Crippen LogP contribution in [0, 0.1) is 17.3 Å².